The molecule has 258 valence electrons. The fraction of sp³-hybridized carbons (Fsp3) is 0.914. The van der Waals surface area contributed by atoms with Crippen LogP contribution in [0.25, 0.3) is 0 Å². The van der Waals surface area contributed by atoms with Crippen molar-refractivity contribution in [3.05, 3.63) is 0 Å². The molecule has 3 unspecified atom stereocenters. The van der Waals surface area contributed by atoms with Crippen molar-refractivity contribution < 1.29 is 24.2 Å². The van der Waals surface area contributed by atoms with E-state index >= 15 is 0 Å². The van der Waals surface area contributed by atoms with E-state index in [2.05, 4.69) is 29.0 Å². The lowest BCUT2D eigenvalue weighted by atomic mass is 9.84. The Labute approximate surface area is 272 Å². The second-order valence-electron chi connectivity index (χ2n) is 15.8. The van der Waals surface area contributed by atoms with Gasteiger partial charge in [0.2, 0.25) is 11.8 Å². The van der Waals surface area contributed by atoms with Crippen molar-refractivity contribution >= 4 is 17.8 Å². The van der Waals surface area contributed by atoms with E-state index in [0.717, 1.165) is 77.3 Å². The van der Waals surface area contributed by atoms with Gasteiger partial charge in [-0.3, -0.25) is 24.7 Å². The minimum absolute atomic E-state index is 0.0113. The Morgan fingerprint density at radius 3 is 2.18 bits per heavy atom. The summed E-state index contributed by atoms with van der Waals surface area (Å²) in [6.45, 7) is 13.3. The van der Waals surface area contributed by atoms with Crippen molar-refractivity contribution in [2.24, 2.45) is 11.3 Å². The van der Waals surface area contributed by atoms with E-state index in [1.807, 2.05) is 39.8 Å². The number of esters is 1. The summed E-state index contributed by atoms with van der Waals surface area (Å²) in [5, 5.41) is 14.6. The van der Waals surface area contributed by atoms with Crippen molar-refractivity contribution in [3.8, 4) is 0 Å². The molecule has 10 nitrogen and oxygen atoms in total. The van der Waals surface area contributed by atoms with Crippen molar-refractivity contribution in [1.29, 1.82) is 0 Å². The molecule has 0 aromatic heterocycles. The number of likely N-dealkylation sites (N-methyl/N-ethyl adjacent to an activating group) is 2. The maximum Gasteiger partial charge on any atom is 0.329 e. The number of aliphatic hydroxyl groups is 1. The molecular weight excluding hydrogens is 570 g/mol. The summed E-state index contributed by atoms with van der Waals surface area (Å²) in [6, 6.07) is -1.48. The quantitative estimate of drug-likeness (QED) is 0.263. The highest BCUT2D eigenvalue weighted by Crippen LogP contribution is 2.30. The predicted molar refractivity (Wildman–Crippen MR) is 176 cm³/mol. The van der Waals surface area contributed by atoms with Gasteiger partial charge in [-0.1, -0.05) is 47.5 Å². The van der Waals surface area contributed by atoms with E-state index in [0.29, 0.717) is 19.5 Å². The van der Waals surface area contributed by atoms with Crippen LogP contribution in [0.4, 0.5) is 0 Å². The number of carbonyl (C=O) groups is 3. The Kier molecular flexibility index (Phi) is 12.7. The van der Waals surface area contributed by atoms with Crippen LogP contribution < -0.4 is 5.32 Å². The average Bonchev–Trinajstić information content (AvgIpc) is 3.68. The molecule has 0 spiro atoms. The SMILES string of the molecule is CC(C)[C@@H](CN1CCCC1C(=O)N1CCCC1C(=O)OC1CCCCC1)N(C)C(=O)[C@@H](N[C@H](O)C1CCCCN1C)C(C)(C)C. The van der Waals surface area contributed by atoms with Gasteiger partial charge in [0, 0.05) is 32.2 Å². The summed E-state index contributed by atoms with van der Waals surface area (Å²) in [5.74, 6) is -0.0766. The molecular formula is C35H63N5O5. The first kappa shape index (κ1) is 36.1. The van der Waals surface area contributed by atoms with Crippen LogP contribution in [0.15, 0.2) is 0 Å². The predicted octanol–water partition coefficient (Wildman–Crippen LogP) is 3.61. The van der Waals surface area contributed by atoms with E-state index in [-0.39, 0.29) is 47.9 Å². The highest BCUT2D eigenvalue weighted by atomic mass is 16.5. The van der Waals surface area contributed by atoms with Gasteiger partial charge in [0.1, 0.15) is 18.4 Å². The van der Waals surface area contributed by atoms with Gasteiger partial charge >= 0.3 is 5.97 Å². The molecule has 4 fully saturated rings. The Bertz CT molecular complexity index is 995. The Hall–Kier alpha value is -1.75. The van der Waals surface area contributed by atoms with Crippen LogP contribution in [0.3, 0.4) is 0 Å². The van der Waals surface area contributed by atoms with Gasteiger partial charge in [-0.05, 0) is 95.7 Å². The summed E-state index contributed by atoms with van der Waals surface area (Å²) in [5.41, 5.74) is -0.412. The van der Waals surface area contributed by atoms with Gasteiger partial charge in [-0.15, -0.1) is 0 Å². The van der Waals surface area contributed by atoms with Crippen molar-refractivity contribution in [3.63, 3.8) is 0 Å². The molecule has 4 rings (SSSR count). The highest BCUT2D eigenvalue weighted by Gasteiger charge is 2.44. The highest BCUT2D eigenvalue weighted by molar-refractivity contribution is 5.88. The summed E-state index contributed by atoms with van der Waals surface area (Å²) >= 11 is 0. The molecule has 0 aromatic rings. The molecule has 2 N–H and O–H groups in total. The molecule has 1 aliphatic carbocycles. The van der Waals surface area contributed by atoms with E-state index < -0.39 is 23.7 Å². The van der Waals surface area contributed by atoms with Crippen LogP contribution in [0, 0.1) is 11.3 Å². The number of carbonyl (C=O) groups excluding carboxylic acids is 3. The summed E-state index contributed by atoms with van der Waals surface area (Å²) < 4.78 is 5.90. The number of aliphatic hydroxyl groups excluding tert-OH is 1. The monoisotopic (exact) mass is 633 g/mol. The number of nitrogens with one attached hydrogen (secondary N) is 1. The third kappa shape index (κ3) is 8.99. The Balaban J connectivity index is 1.42. The number of hydrogen-bond acceptors (Lipinski definition) is 8. The molecule has 10 heteroatoms. The van der Waals surface area contributed by atoms with E-state index in [1.165, 1.54) is 6.42 Å². The molecule has 3 saturated heterocycles. The second kappa shape index (κ2) is 15.9. The van der Waals surface area contributed by atoms with E-state index in [4.69, 9.17) is 4.74 Å². The minimum atomic E-state index is -0.798. The van der Waals surface area contributed by atoms with Crippen LogP contribution in [0.5, 0.6) is 0 Å². The van der Waals surface area contributed by atoms with Crippen LogP contribution in [0.1, 0.15) is 112 Å². The molecule has 0 radical (unpaired) electrons. The van der Waals surface area contributed by atoms with Crippen molar-refractivity contribution in [1.82, 2.24) is 24.9 Å². The number of nitrogens with zero attached hydrogens (tertiary/aromatic N) is 4. The fourth-order valence-corrected chi connectivity index (χ4v) is 8.08. The van der Waals surface area contributed by atoms with Crippen LogP contribution in [-0.2, 0) is 19.1 Å². The Morgan fingerprint density at radius 2 is 1.53 bits per heavy atom. The lowest BCUT2D eigenvalue weighted by Crippen LogP contribution is -2.62. The lowest BCUT2D eigenvalue weighted by Gasteiger charge is -2.43. The first-order valence-electron chi connectivity index (χ1n) is 18.0. The van der Waals surface area contributed by atoms with Gasteiger partial charge in [-0.2, -0.15) is 0 Å². The maximum atomic E-state index is 14.2. The largest absolute Gasteiger partial charge is 0.461 e. The molecule has 3 heterocycles. The average molecular weight is 634 g/mol. The third-order valence-corrected chi connectivity index (χ3v) is 11.0. The number of likely N-dealkylation sites (tertiary alicyclic amines) is 3. The topological polar surface area (TPSA) is 106 Å². The van der Waals surface area contributed by atoms with Crippen LogP contribution in [-0.4, -0.2) is 125 Å². The van der Waals surface area contributed by atoms with Gasteiger partial charge in [-0.25, -0.2) is 4.79 Å². The summed E-state index contributed by atoms with van der Waals surface area (Å²) in [7, 11) is 3.92. The molecule has 45 heavy (non-hydrogen) atoms. The van der Waals surface area contributed by atoms with Gasteiger partial charge in [0.15, 0.2) is 0 Å². The zero-order valence-electron chi connectivity index (χ0n) is 29.3. The zero-order valence-corrected chi connectivity index (χ0v) is 29.3. The van der Waals surface area contributed by atoms with Crippen LogP contribution in [0.2, 0.25) is 0 Å². The number of hydrogen-bond donors (Lipinski definition) is 2. The maximum absolute atomic E-state index is 14.2. The third-order valence-electron chi connectivity index (χ3n) is 11.0. The summed E-state index contributed by atoms with van der Waals surface area (Å²) in [4.78, 5) is 49.5. The first-order chi connectivity index (χ1) is 21.3. The number of amides is 2. The molecule has 3 aliphatic heterocycles. The minimum Gasteiger partial charge on any atom is -0.461 e. The van der Waals surface area contributed by atoms with Gasteiger partial charge in [0.25, 0.3) is 0 Å². The lowest BCUT2D eigenvalue weighted by molar-refractivity contribution is -0.160. The van der Waals surface area contributed by atoms with Crippen molar-refractivity contribution in [2.45, 2.75) is 154 Å². The van der Waals surface area contributed by atoms with E-state index in [9.17, 15) is 19.5 Å². The van der Waals surface area contributed by atoms with Gasteiger partial charge < -0.3 is 19.6 Å². The second-order valence-corrected chi connectivity index (χ2v) is 15.8. The van der Waals surface area contributed by atoms with Crippen molar-refractivity contribution in [2.75, 3.05) is 40.3 Å². The number of rotatable bonds is 11. The Morgan fingerprint density at radius 1 is 0.889 bits per heavy atom. The van der Waals surface area contributed by atoms with Gasteiger partial charge in [0.05, 0.1) is 12.1 Å². The molecule has 4 aliphatic rings. The normalized spacial score (nSPS) is 27.8. The smallest absolute Gasteiger partial charge is 0.329 e. The number of ether oxygens (including phenoxy) is 1. The van der Waals surface area contributed by atoms with Crippen LogP contribution >= 0.6 is 0 Å². The first-order valence-corrected chi connectivity index (χ1v) is 18.0. The summed E-state index contributed by atoms with van der Waals surface area (Å²) in [6.07, 6.45) is 10.7. The standard InChI is InChI=1S/C35H63N5O5/c1-24(2)29(38(7)33(43)30(35(3,4)5)36-31(41)26-17-11-12-20-37(26)6)23-39-21-13-18-27(39)32(42)40-22-14-19-28(40)34(44)45-25-15-9-8-10-16-25/h24-31,36,41H,8-23H2,1-7H3/t26?,27?,28?,29-,30-,31-/m1/s1. The fourth-order valence-electron chi connectivity index (χ4n) is 8.08. The number of piperidine rings is 1. The molecule has 0 bridgehead atoms. The molecule has 0 aromatic carbocycles. The molecule has 1 saturated carbocycles. The zero-order chi connectivity index (χ0) is 32.9. The molecule has 2 amide bonds. The molecule has 6 atom stereocenters. The van der Waals surface area contributed by atoms with E-state index in [1.54, 1.807) is 4.90 Å².